The third kappa shape index (κ3) is 4.79. The molecule has 9 heteroatoms. The standard InChI is InChI=1S/C22H17ClN6OS/c1-14(26-21(30)20-13-31-22(27-20)15-4-7-25-8-5-15)12-29-9-6-19(28-29)16-2-3-17(11-24)18(23)10-16/h2-10,13-14H,12H2,1H3,(H,26,30)/t14-/m0/s1. The fourth-order valence-electron chi connectivity index (χ4n) is 3.01. The largest absolute Gasteiger partial charge is 0.346 e. The summed E-state index contributed by atoms with van der Waals surface area (Å²) in [6.07, 6.45) is 5.24. The number of benzene rings is 1. The van der Waals surface area contributed by atoms with Gasteiger partial charge in [-0.2, -0.15) is 10.4 Å². The molecule has 7 nitrogen and oxygen atoms in total. The van der Waals surface area contributed by atoms with Gasteiger partial charge in [0.2, 0.25) is 0 Å². The molecule has 0 aliphatic rings. The first-order chi connectivity index (χ1) is 15.0. The molecule has 0 fully saturated rings. The molecule has 0 saturated carbocycles. The second kappa shape index (κ2) is 9.08. The number of thiazole rings is 1. The van der Waals surface area contributed by atoms with Gasteiger partial charge in [0.05, 0.1) is 22.8 Å². The van der Waals surface area contributed by atoms with Gasteiger partial charge in [-0.15, -0.1) is 11.3 Å². The molecular weight excluding hydrogens is 432 g/mol. The molecule has 1 aromatic carbocycles. The van der Waals surface area contributed by atoms with E-state index in [0.29, 0.717) is 22.8 Å². The monoisotopic (exact) mass is 448 g/mol. The summed E-state index contributed by atoms with van der Waals surface area (Å²) in [4.78, 5) is 21.0. The number of nitrogens with zero attached hydrogens (tertiary/aromatic N) is 5. The average Bonchev–Trinajstić information content (AvgIpc) is 3.44. The van der Waals surface area contributed by atoms with Gasteiger partial charge in [0, 0.05) is 41.1 Å². The normalized spacial score (nSPS) is 11.6. The summed E-state index contributed by atoms with van der Waals surface area (Å²) >= 11 is 7.53. The van der Waals surface area contributed by atoms with Crippen LogP contribution in [-0.4, -0.2) is 31.7 Å². The molecule has 0 bridgehead atoms. The van der Waals surface area contributed by atoms with Crippen molar-refractivity contribution in [3.8, 4) is 27.9 Å². The van der Waals surface area contributed by atoms with Gasteiger partial charge in [-0.25, -0.2) is 4.98 Å². The minimum absolute atomic E-state index is 0.157. The van der Waals surface area contributed by atoms with Crippen LogP contribution in [0, 0.1) is 11.3 Å². The highest BCUT2D eigenvalue weighted by Crippen LogP contribution is 2.24. The van der Waals surface area contributed by atoms with Crippen molar-refractivity contribution in [2.45, 2.75) is 19.5 Å². The Morgan fingerprint density at radius 3 is 2.81 bits per heavy atom. The molecule has 1 atom stereocenters. The molecule has 1 amide bonds. The highest BCUT2D eigenvalue weighted by molar-refractivity contribution is 7.13. The van der Waals surface area contributed by atoms with Crippen LogP contribution < -0.4 is 5.32 Å². The molecule has 1 N–H and O–H groups in total. The van der Waals surface area contributed by atoms with Gasteiger partial charge in [-0.05, 0) is 37.3 Å². The van der Waals surface area contributed by atoms with Crippen molar-refractivity contribution in [3.63, 3.8) is 0 Å². The predicted molar refractivity (Wildman–Crippen MR) is 120 cm³/mol. The van der Waals surface area contributed by atoms with Crippen LogP contribution in [0.15, 0.2) is 60.4 Å². The van der Waals surface area contributed by atoms with Crippen molar-refractivity contribution >= 4 is 28.8 Å². The van der Waals surface area contributed by atoms with Gasteiger partial charge in [0.1, 0.15) is 16.8 Å². The van der Waals surface area contributed by atoms with Crippen LogP contribution in [0.5, 0.6) is 0 Å². The molecule has 154 valence electrons. The van der Waals surface area contributed by atoms with E-state index in [-0.39, 0.29) is 11.9 Å². The van der Waals surface area contributed by atoms with Gasteiger partial charge in [-0.1, -0.05) is 17.7 Å². The number of nitriles is 1. The molecule has 31 heavy (non-hydrogen) atoms. The lowest BCUT2D eigenvalue weighted by Gasteiger charge is -2.13. The summed E-state index contributed by atoms with van der Waals surface area (Å²) in [5.74, 6) is -0.227. The van der Waals surface area contributed by atoms with E-state index in [1.54, 1.807) is 34.6 Å². The molecule has 0 aliphatic carbocycles. The zero-order valence-corrected chi connectivity index (χ0v) is 18.1. The smallest absolute Gasteiger partial charge is 0.271 e. The fourth-order valence-corrected chi connectivity index (χ4v) is 4.04. The third-order valence-corrected chi connectivity index (χ3v) is 5.73. The number of hydrogen-bond acceptors (Lipinski definition) is 6. The van der Waals surface area contributed by atoms with Gasteiger partial charge in [-0.3, -0.25) is 14.5 Å². The average molecular weight is 449 g/mol. The van der Waals surface area contributed by atoms with Crippen molar-refractivity contribution in [1.29, 1.82) is 5.26 Å². The highest BCUT2D eigenvalue weighted by Gasteiger charge is 2.15. The SMILES string of the molecule is C[C@@H](Cn1ccc(-c2ccc(C#N)c(Cl)c2)n1)NC(=O)c1csc(-c2ccncc2)n1. The summed E-state index contributed by atoms with van der Waals surface area (Å²) in [6.45, 7) is 2.41. The van der Waals surface area contributed by atoms with E-state index in [2.05, 4.69) is 20.4 Å². The Labute approximate surface area is 188 Å². The molecule has 3 heterocycles. The summed E-state index contributed by atoms with van der Waals surface area (Å²) < 4.78 is 1.76. The minimum Gasteiger partial charge on any atom is -0.346 e. The molecule has 0 saturated heterocycles. The maximum absolute atomic E-state index is 12.6. The Balaban J connectivity index is 1.39. The Hall–Kier alpha value is -3.54. The number of nitrogens with one attached hydrogen (secondary N) is 1. The van der Waals surface area contributed by atoms with Crippen LogP contribution in [0.4, 0.5) is 0 Å². The zero-order chi connectivity index (χ0) is 21.8. The molecule has 4 rings (SSSR count). The number of hydrogen-bond donors (Lipinski definition) is 1. The number of carbonyl (C=O) groups excluding carboxylic acids is 1. The molecule has 0 aliphatic heterocycles. The summed E-state index contributed by atoms with van der Waals surface area (Å²) in [5.41, 5.74) is 3.31. The molecule has 0 unspecified atom stereocenters. The molecule has 0 spiro atoms. The van der Waals surface area contributed by atoms with Gasteiger partial charge in [0.15, 0.2) is 0 Å². The first-order valence-electron chi connectivity index (χ1n) is 9.44. The predicted octanol–water partition coefficient (Wildman–Crippen LogP) is 4.41. The van der Waals surface area contributed by atoms with Crippen LogP contribution in [0.25, 0.3) is 21.8 Å². The van der Waals surface area contributed by atoms with E-state index in [1.165, 1.54) is 11.3 Å². The van der Waals surface area contributed by atoms with Crippen molar-refractivity contribution in [2.75, 3.05) is 0 Å². The zero-order valence-electron chi connectivity index (χ0n) is 16.5. The van der Waals surface area contributed by atoms with Crippen molar-refractivity contribution in [2.24, 2.45) is 0 Å². The van der Waals surface area contributed by atoms with Gasteiger partial charge >= 0.3 is 0 Å². The summed E-state index contributed by atoms with van der Waals surface area (Å²) in [7, 11) is 0. The summed E-state index contributed by atoms with van der Waals surface area (Å²) in [6, 6.07) is 12.7. The lowest BCUT2D eigenvalue weighted by atomic mass is 10.1. The van der Waals surface area contributed by atoms with Crippen LogP contribution in [-0.2, 0) is 6.54 Å². The fraction of sp³-hybridized carbons (Fsp3) is 0.136. The lowest BCUT2D eigenvalue weighted by Crippen LogP contribution is -2.36. The second-order valence-corrected chi connectivity index (χ2v) is 8.14. The van der Waals surface area contributed by atoms with Crippen molar-refractivity contribution in [1.82, 2.24) is 25.1 Å². The quantitative estimate of drug-likeness (QED) is 0.471. The summed E-state index contributed by atoms with van der Waals surface area (Å²) in [5, 5.41) is 19.4. The minimum atomic E-state index is -0.227. The topological polar surface area (TPSA) is 96.5 Å². The molecular formula is C22H17ClN6OS. The number of aromatic nitrogens is 4. The third-order valence-electron chi connectivity index (χ3n) is 4.53. The molecule has 0 radical (unpaired) electrons. The highest BCUT2D eigenvalue weighted by atomic mass is 35.5. The number of rotatable bonds is 6. The van der Waals surface area contributed by atoms with E-state index < -0.39 is 0 Å². The van der Waals surface area contributed by atoms with Gasteiger partial charge in [0.25, 0.3) is 5.91 Å². The number of pyridine rings is 1. The van der Waals surface area contributed by atoms with E-state index in [1.807, 2.05) is 43.5 Å². The second-order valence-electron chi connectivity index (χ2n) is 6.88. The Bertz CT molecular complexity index is 1260. The van der Waals surface area contributed by atoms with E-state index in [0.717, 1.165) is 21.8 Å². The Morgan fingerprint density at radius 1 is 1.26 bits per heavy atom. The Morgan fingerprint density at radius 2 is 2.06 bits per heavy atom. The van der Waals surface area contributed by atoms with Crippen LogP contribution in [0.1, 0.15) is 23.0 Å². The molecule has 3 aromatic heterocycles. The van der Waals surface area contributed by atoms with Crippen molar-refractivity contribution in [3.05, 3.63) is 76.6 Å². The van der Waals surface area contributed by atoms with E-state index in [9.17, 15) is 4.79 Å². The van der Waals surface area contributed by atoms with E-state index in [4.69, 9.17) is 16.9 Å². The van der Waals surface area contributed by atoms with Crippen molar-refractivity contribution < 1.29 is 4.79 Å². The number of carbonyl (C=O) groups is 1. The number of amides is 1. The maximum atomic E-state index is 12.6. The Kier molecular flexibility index (Phi) is 6.07. The van der Waals surface area contributed by atoms with E-state index >= 15 is 0 Å². The van der Waals surface area contributed by atoms with Crippen LogP contribution >= 0.6 is 22.9 Å². The first kappa shape index (κ1) is 20.7. The molecule has 4 aromatic rings. The van der Waals surface area contributed by atoms with Gasteiger partial charge < -0.3 is 5.32 Å². The van der Waals surface area contributed by atoms with Crippen LogP contribution in [0.2, 0.25) is 5.02 Å². The maximum Gasteiger partial charge on any atom is 0.271 e. The lowest BCUT2D eigenvalue weighted by molar-refractivity contribution is 0.0931. The first-order valence-corrected chi connectivity index (χ1v) is 10.7. The van der Waals surface area contributed by atoms with Crippen LogP contribution in [0.3, 0.4) is 0 Å². The number of halogens is 1.